The number of aromatic nitrogens is 1. The summed E-state index contributed by atoms with van der Waals surface area (Å²) in [6.07, 6.45) is 0. The van der Waals surface area contributed by atoms with Gasteiger partial charge in [-0.25, -0.2) is 0 Å². The topological polar surface area (TPSA) is 49.9 Å². The van der Waals surface area contributed by atoms with Gasteiger partial charge in [-0.15, -0.1) is 0 Å². The zero-order valence-corrected chi connectivity index (χ0v) is 18.5. The van der Waals surface area contributed by atoms with Crippen molar-refractivity contribution in [3.63, 3.8) is 0 Å². The Balaban J connectivity index is 1.43. The Morgan fingerprint density at radius 1 is 1.10 bits per heavy atom. The highest BCUT2D eigenvalue weighted by molar-refractivity contribution is 7.80. The number of fused-ring (bicyclic) bond motifs is 1. The van der Waals surface area contributed by atoms with Crippen molar-refractivity contribution >= 4 is 62.1 Å². The molecule has 0 unspecified atom stereocenters. The molecule has 0 aliphatic carbocycles. The van der Waals surface area contributed by atoms with Crippen molar-refractivity contribution in [3.05, 3.63) is 41.4 Å². The summed E-state index contributed by atoms with van der Waals surface area (Å²) in [5.41, 5.74) is 0.728. The minimum Gasteiger partial charge on any atom is -0.495 e. The molecule has 152 valence electrons. The third kappa shape index (κ3) is 4.05. The summed E-state index contributed by atoms with van der Waals surface area (Å²) in [7, 11) is 3.18. The standard InChI is InChI=1S/C20H21ClN4O2S2/c1-26-16-12-15(17(27-2)11-14(16)21)22-20(28)25-9-7-24(8-10-25)19-13-5-3-4-6-18(13)29-23-19/h3-6,11-12H,7-10H2,1-2H3,(H,22,28). The molecule has 1 aromatic heterocycles. The first-order valence-corrected chi connectivity index (χ1v) is 10.7. The zero-order chi connectivity index (χ0) is 20.4. The maximum absolute atomic E-state index is 6.19. The van der Waals surface area contributed by atoms with E-state index in [0.717, 1.165) is 37.7 Å². The summed E-state index contributed by atoms with van der Waals surface area (Å²) in [5.74, 6) is 2.25. The quantitative estimate of drug-likeness (QED) is 0.590. The van der Waals surface area contributed by atoms with E-state index in [0.29, 0.717) is 21.6 Å². The van der Waals surface area contributed by atoms with Gasteiger partial charge in [0.15, 0.2) is 5.11 Å². The van der Waals surface area contributed by atoms with Crippen LogP contribution in [0.3, 0.4) is 0 Å². The monoisotopic (exact) mass is 448 g/mol. The number of piperazine rings is 1. The van der Waals surface area contributed by atoms with E-state index in [4.69, 9.17) is 33.3 Å². The summed E-state index contributed by atoms with van der Waals surface area (Å²) in [4.78, 5) is 4.48. The molecule has 0 spiro atoms. The van der Waals surface area contributed by atoms with Gasteiger partial charge in [0, 0.05) is 43.7 Å². The van der Waals surface area contributed by atoms with Crippen molar-refractivity contribution in [1.82, 2.24) is 9.27 Å². The van der Waals surface area contributed by atoms with E-state index in [1.165, 1.54) is 10.1 Å². The molecule has 0 radical (unpaired) electrons. The van der Waals surface area contributed by atoms with Crippen molar-refractivity contribution in [1.29, 1.82) is 0 Å². The molecule has 2 aromatic carbocycles. The van der Waals surface area contributed by atoms with E-state index < -0.39 is 0 Å². The number of anilines is 2. The van der Waals surface area contributed by atoms with Crippen LogP contribution in [-0.2, 0) is 0 Å². The van der Waals surface area contributed by atoms with Gasteiger partial charge in [0.1, 0.15) is 17.3 Å². The average Bonchev–Trinajstić information content (AvgIpc) is 3.19. The number of thiocarbonyl (C=S) groups is 1. The molecule has 3 aromatic rings. The molecule has 0 amide bonds. The maximum atomic E-state index is 6.19. The summed E-state index contributed by atoms with van der Waals surface area (Å²) < 4.78 is 16.6. The SMILES string of the molecule is COc1cc(NC(=S)N2CCN(c3nsc4ccccc34)CC2)c(OC)cc1Cl. The largest absolute Gasteiger partial charge is 0.495 e. The van der Waals surface area contributed by atoms with Crippen LogP contribution < -0.4 is 19.7 Å². The van der Waals surface area contributed by atoms with Crippen LogP contribution in [-0.4, -0.2) is 54.8 Å². The van der Waals surface area contributed by atoms with Crippen LogP contribution in [0.2, 0.25) is 5.02 Å². The van der Waals surface area contributed by atoms with E-state index in [1.54, 1.807) is 37.9 Å². The fourth-order valence-electron chi connectivity index (χ4n) is 3.37. The van der Waals surface area contributed by atoms with E-state index in [1.807, 2.05) is 6.07 Å². The van der Waals surface area contributed by atoms with Gasteiger partial charge in [0.25, 0.3) is 0 Å². The predicted molar refractivity (Wildman–Crippen MR) is 124 cm³/mol. The molecule has 0 bridgehead atoms. The zero-order valence-electron chi connectivity index (χ0n) is 16.1. The highest BCUT2D eigenvalue weighted by atomic mass is 35.5. The molecule has 9 heteroatoms. The molecule has 4 rings (SSSR count). The Bertz CT molecular complexity index is 1030. The minimum atomic E-state index is 0.491. The van der Waals surface area contributed by atoms with Crippen LogP contribution in [0.4, 0.5) is 11.5 Å². The number of hydrogen-bond acceptors (Lipinski definition) is 6. The molecule has 2 heterocycles. The smallest absolute Gasteiger partial charge is 0.173 e. The molecule has 1 aliphatic rings. The van der Waals surface area contributed by atoms with E-state index in [9.17, 15) is 0 Å². The van der Waals surface area contributed by atoms with Gasteiger partial charge in [0.05, 0.1) is 29.6 Å². The second kappa shape index (κ2) is 8.61. The highest BCUT2D eigenvalue weighted by Gasteiger charge is 2.23. The van der Waals surface area contributed by atoms with Crippen molar-refractivity contribution in [2.45, 2.75) is 0 Å². The van der Waals surface area contributed by atoms with Crippen molar-refractivity contribution < 1.29 is 9.47 Å². The van der Waals surface area contributed by atoms with Gasteiger partial charge < -0.3 is 24.6 Å². The second-order valence-corrected chi connectivity index (χ2v) is 8.19. The Kier molecular flexibility index (Phi) is 5.94. The number of hydrogen-bond donors (Lipinski definition) is 1. The summed E-state index contributed by atoms with van der Waals surface area (Å²) in [6, 6.07) is 11.9. The van der Waals surface area contributed by atoms with E-state index >= 15 is 0 Å². The van der Waals surface area contributed by atoms with Crippen LogP contribution in [0, 0.1) is 0 Å². The lowest BCUT2D eigenvalue weighted by Crippen LogP contribution is -2.50. The third-order valence-corrected chi connectivity index (χ3v) is 6.41. The Morgan fingerprint density at radius 2 is 1.83 bits per heavy atom. The molecule has 29 heavy (non-hydrogen) atoms. The normalized spacial score (nSPS) is 14.2. The van der Waals surface area contributed by atoms with Gasteiger partial charge in [-0.05, 0) is 35.9 Å². The number of nitrogens with one attached hydrogen (secondary N) is 1. The van der Waals surface area contributed by atoms with Crippen molar-refractivity contribution in [2.24, 2.45) is 0 Å². The van der Waals surface area contributed by atoms with Crippen LogP contribution in [0.25, 0.3) is 10.1 Å². The molecule has 1 N–H and O–H groups in total. The van der Waals surface area contributed by atoms with Gasteiger partial charge in [-0.1, -0.05) is 23.7 Å². The summed E-state index contributed by atoms with van der Waals surface area (Å²) >= 11 is 13.4. The minimum absolute atomic E-state index is 0.491. The molecule has 1 saturated heterocycles. The lowest BCUT2D eigenvalue weighted by molar-refractivity contribution is 0.389. The van der Waals surface area contributed by atoms with Gasteiger partial charge in [-0.2, -0.15) is 4.37 Å². The molecule has 1 aliphatic heterocycles. The number of rotatable bonds is 4. The first-order chi connectivity index (χ1) is 14.1. The lowest BCUT2D eigenvalue weighted by atomic mass is 10.2. The Morgan fingerprint density at radius 3 is 2.55 bits per heavy atom. The second-order valence-electron chi connectivity index (χ2n) is 6.59. The molecule has 1 fully saturated rings. The molecule has 6 nitrogen and oxygen atoms in total. The van der Waals surface area contributed by atoms with Crippen LogP contribution in [0.1, 0.15) is 0 Å². The summed E-state index contributed by atoms with van der Waals surface area (Å²) in [5, 5.41) is 5.63. The molecule has 0 saturated carbocycles. The van der Waals surface area contributed by atoms with E-state index in [2.05, 4.69) is 37.7 Å². The van der Waals surface area contributed by atoms with Crippen molar-refractivity contribution in [3.8, 4) is 11.5 Å². The summed E-state index contributed by atoms with van der Waals surface area (Å²) in [6.45, 7) is 3.34. The third-order valence-electron chi connectivity index (χ3n) is 4.94. The van der Waals surface area contributed by atoms with Gasteiger partial charge in [0.2, 0.25) is 0 Å². The van der Waals surface area contributed by atoms with Gasteiger partial charge in [-0.3, -0.25) is 0 Å². The predicted octanol–water partition coefficient (Wildman–Crippen LogP) is 4.49. The van der Waals surface area contributed by atoms with Crippen LogP contribution in [0.5, 0.6) is 11.5 Å². The maximum Gasteiger partial charge on any atom is 0.173 e. The first kappa shape index (κ1) is 20.0. The van der Waals surface area contributed by atoms with E-state index in [-0.39, 0.29) is 0 Å². The average molecular weight is 449 g/mol. The number of benzene rings is 2. The molecular formula is C20H21ClN4O2S2. The lowest BCUT2D eigenvalue weighted by Gasteiger charge is -2.36. The number of ether oxygens (including phenoxy) is 2. The Hall–Kier alpha value is -2.29. The first-order valence-electron chi connectivity index (χ1n) is 9.17. The Labute approximate surface area is 184 Å². The fourth-order valence-corrected chi connectivity index (χ4v) is 4.69. The number of methoxy groups -OCH3 is 2. The highest BCUT2D eigenvalue weighted by Crippen LogP contribution is 2.36. The van der Waals surface area contributed by atoms with Gasteiger partial charge >= 0.3 is 0 Å². The molecular weight excluding hydrogens is 428 g/mol. The van der Waals surface area contributed by atoms with Crippen molar-refractivity contribution in [2.75, 3.05) is 50.6 Å². The van der Waals surface area contributed by atoms with Crippen LogP contribution >= 0.6 is 35.4 Å². The van der Waals surface area contributed by atoms with Crippen LogP contribution in [0.15, 0.2) is 36.4 Å². The number of nitrogens with zero attached hydrogens (tertiary/aromatic N) is 3. The molecule has 0 atom stereocenters. The number of halogens is 1. The fraction of sp³-hybridized carbons (Fsp3) is 0.300.